The molecule has 2 heterocycles. The van der Waals surface area contributed by atoms with Crippen LogP contribution in [0.4, 0.5) is 0 Å². The van der Waals surface area contributed by atoms with Crippen LogP contribution in [0.1, 0.15) is 0 Å². The summed E-state index contributed by atoms with van der Waals surface area (Å²) < 4.78 is 1.74. The molecule has 0 fully saturated rings. The van der Waals surface area contributed by atoms with Gasteiger partial charge < -0.3 is 4.98 Å². The van der Waals surface area contributed by atoms with Gasteiger partial charge in [-0.2, -0.15) is 5.10 Å². The van der Waals surface area contributed by atoms with Crippen LogP contribution < -0.4 is 5.56 Å². The summed E-state index contributed by atoms with van der Waals surface area (Å²) in [7, 11) is 0. The van der Waals surface area contributed by atoms with Crippen molar-refractivity contribution in [2.24, 2.45) is 0 Å². The Labute approximate surface area is 80.8 Å². The van der Waals surface area contributed by atoms with Crippen molar-refractivity contribution in [1.82, 2.24) is 24.7 Å². The van der Waals surface area contributed by atoms with Crippen molar-refractivity contribution in [3.63, 3.8) is 0 Å². The normalized spacial score (nSPS) is 10.2. The van der Waals surface area contributed by atoms with Crippen LogP contribution in [0.15, 0.2) is 28.2 Å². The lowest BCUT2D eigenvalue weighted by atomic mass is 10.6. The Morgan fingerprint density at radius 1 is 1.54 bits per heavy atom. The highest BCUT2D eigenvalue weighted by molar-refractivity contribution is 9.10. The lowest BCUT2D eigenvalue weighted by Crippen LogP contribution is -2.12. The summed E-state index contributed by atoms with van der Waals surface area (Å²) in [6.07, 6.45) is 4.14. The number of hydrogen-bond acceptors (Lipinski definition) is 4. The first-order chi connectivity index (χ1) is 6.29. The summed E-state index contributed by atoms with van der Waals surface area (Å²) in [5, 5.41) is 3.85. The fraction of sp³-hybridized carbons (Fsp3) is 0. The van der Waals surface area contributed by atoms with E-state index in [4.69, 9.17) is 0 Å². The molecule has 0 radical (unpaired) electrons. The van der Waals surface area contributed by atoms with E-state index in [9.17, 15) is 4.79 Å². The van der Waals surface area contributed by atoms with Crippen molar-refractivity contribution in [3.8, 4) is 5.82 Å². The summed E-state index contributed by atoms with van der Waals surface area (Å²) in [6, 6.07) is 0. The highest BCUT2D eigenvalue weighted by atomic mass is 79.9. The van der Waals surface area contributed by atoms with Crippen LogP contribution in [0.5, 0.6) is 0 Å². The number of aromatic nitrogens is 5. The largest absolute Gasteiger partial charge is 0.312 e. The van der Waals surface area contributed by atoms with Crippen molar-refractivity contribution in [3.05, 3.63) is 33.8 Å². The molecule has 0 aliphatic rings. The standard InChI is InChI=1S/C6H4BrN5O/c7-4-5(9-2-10-6(4)13)12-3-8-1-11-12/h1-3H,(H,9,10,13). The summed E-state index contributed by atoms with van der Waals surface area (Å²) in [4.78, 5) is 21.2. The van der Waals surface area contributed by atoms with Crippen molar-refractivity contribution >= 4 is 15.9 Å². The molecule has 0 spiro atoms. The maximum Gasteiger partial charge on any atom is 0.267 e. The number of rotatable bonds is 1. The molecule has 0 saturated carbocycles. The summed E-state index contributed by atoms with van der Waals surface area (Å²) in [5.74, 6) is 0.418. The predicted molar refractivity (Wildman–Crippen MR) is 47.5 cm³/mol. The summed E-state index contributed by atoms with van der Waals surface area (Å²) >= 11 is 3.11. The van der Waals surface area contributed by atoms with E-state index < -0.39 is 0 Å². The van der Waals surface area contributed by atoms with Gasteiger partial charge in [0.1, 0.15) is 17.1 Å². The van der Waals surface area contributed by atoms with Gasteiger partial charge in [0.25, 0.3) is 5.56 Å². The van der Waals surface area contributed by atoms with Crippen LogP contribution in [0.25, 0.3) is 5.82 Å². The zero-order valence-corrected chi connectivity index (χ0v) is 7.89. The van der Waals surface area contributed by atoms with E-state index in [1.165, 1.54) is 23.7 Å². The monoisotopic (exact) mass is 241 g/mol. The highest BCUT2D eigenvalue weighted by Gasteiger charge is 2.06. The van der Waals surface area contributed by atoms with E-state index in [0.29, 0.717) is 10.3 Å². The van der Waals surface area contributed by atoms with Crippen LogP contribution >= 0.6 is 15.9 Å². The molecule has 1 N–H and O–H groups in total. The topological polar surface area (TPSA) is 76.5 Å². The van der Waals surface area contributed by atoms with Gasteiger partial charge in [-0.1, -0.05) is 0 Å². The van der Waals surface area contributed by atoms with Gasteiger partial charge in [-0.15, -0.1) is 0 Å². The average Bonchev–Trinajstić information content (AvgIpc) is 2.62. The van der Waals surface area contributed by atoms with Gasteiger partial charge in [0.2, 0.25) is 0 Å². The number of nitrogens with zero attached hydrogens (tertiary/aromatic N) is 4. The van der Waals surface area contributed by atoms with Crippen LogP contribution in [0.3, 0.4) is 0 Å². The molecule has 0 aromatic carbocycles. The van der Waals surface area contributed by atoms with Gasteiger partial charge in [-0.3, -0.25) is 4.79 Å². The molecule has 0 amide bonds. The van der Waals surface area contributed by atoms with Gasteiger partial charge in [0.15, 0.2) is 5.82 Å². The number of hydrogen-bond donors (Lipinski definition) is 1. The second-order valence-corrected chi connectivity index (χ2v) is 3.00. The van der Waals surface area contributed by atoms with Gasteiger partial charge >= 0.3 is 0 Å². The first kappa shape index (κ1) is 8.11. The maximum atomic E-state index is 11.1. The minimum absolute atomic E-state index is 0.250. The van der Waals surface area contributed by atoms with E-state index in [2.05, 4.69) is 36.0 Å². The zero-order valence-electron chi connectivity index (χ0n) is 6.31. The van der Waals surface area contributed by atoms with Crippen LogP contribution in [0, 0.1) is 0 Å². The Bertz CT molecular complexity index is 462. The summed E-state index contributed by atoms with van der Waals surface area (Å²) in [5.41, 5.74) is -0.250. The molecule has 13 heavy (non-hydrogen) atoms. The minimum atomic E-state index is -0.250. The third kappa shape index (κ3) is 1.37. The number of aromatic amines is 1. The van der Waals surface area contributed by atoms with Gasteiger partial charge in [0, 0.05) is 0 Å². The van der Waals surface area contributed by atoms with E-state index in [-0.39, 0.29) is 5.56 Å². The molecular weight excluding hydrogens is 238 g/mol. The van der Waals surface area contributed by atoms with Gasteiger partial charge in [0.05, 0.1) is 6.33 Å². The van der Waals surface area contributed by atoms with Crippen molar-refractivity contribution < 1.29 is 0 Å². The molecule has 6 nitrogen and oxygen atoms in total. The summed E-state index contributed by atoms with van der Waals surface area (Å²) in [6.45, 7) is 0. The lowest BCUT2D eigenvalue weighted by molar-refractivity contribution is 0.826. The molecule has 0 aliphatic heterocycles. The molecule has 2 rings (SSSR count). The SMILES string of the molecule is O=c1[nH]cnc(-n2cncn2)c1Br. The van der Waals surface area contributed by atoms with Crippen LogP contribution in [-0.2, 0) is 0 Å². The second kappa shape index (κ2) is 3.09. The Hall–Kier alpha value is -1.50. The molecule has 2 aromatic rings. The average molecular weight is 242 g/mol. The molecule has 0 aliphatic carbocycles. The molecular formula is C6H4BrN5O. The van der Waals surface area contributed by atoms with Crippen LogP contribution in [-0.4, -0.2) is 24.7 Å². The molecule has 0 unspecified atom stereocenters. The molecule has 2 aromatic heterocycles. The van der Waals surface area contributed by atoms with E-state index in [1.54, 1.807) is 0 Å². The number of halogens is 1. The second-order valence-electron chi connectivity index (χ2n) is 2.21. The Kier molecular flexibility index (Phi) is 1.93. The predicted octanol–water partition coefficient (Wildman–Crippen LogP) is 0.113. The highest BCUT2D eigenvalue weighted by Crippen LogP contribution is 2.10. The smallest absolute Gasteiger partial charge is 0.267 e. The Balaban J connectivity index is 2.66. The number of H-pyrrole nitrogens is 1. The first-order valence-electron chi connectivity index (χ1n) is 3.37. The molecule has 0 atom stereocenters. The molecule has 7 heteroatoms. The molecule has 0 saturated heterocycles. The minimum Gasteiger partial charge on any atom is -0.312 e. The van der Waals surface area contributed by atoms with Crippen molar-refractivity contribution in [2.75, 3.05) is 0 Å². The van der Waals surface area contributed by atoms with Gasteiger partial charge in [-0.25, -0.2) is 14.6 Å². The van der Waals surface area contributed by atoms with Crippen LogP contribution in [0.2, 0.25) is 0 Å². The molecule has 66 valence electrons. The zero-order chi connectivity index (χ0) is 9.26. The Morgan fingerprint density at radius 3 is 3.08 bits per heavy atom. The Morgan fingerprint density at radius 2 is 2.38 bits per heavy atom. The molecule has 0 bridgehead atoms. The van der Waals surface area contributed by atoms with E-state index in [1.807, 2.05) is 0 Å². The fourth-order valence-electron chi connectivity index (χ4n) is 0.851. The number of nitrogens with one attached hydrogen (secondary N) is 1. The third-order valence-electron chi connectivity index (χ3n) is 1.41. The maximum absolute atomic E-state index is 11.1. The van der Waals surface area contributed by atoms with E-state index >= 15 is 0 Å². The van der Waals surface area contributed by atoms with Gasteiger partial charge in [-0.05, 0) is 15.9 Å². The van der Waals surface area contributed by atoms with Crippen molar-refractivity contribution in [2.45, 2.75) is 0 Å². The third-order valence-corrected chi connectivity index (χ3v) is 2.13. The lowest BCUT2D eigenvalue weighted by Gasteiger charge is -1.99. The quantitative estimate of drug-likeness (QED) is 0.770. The first-order valence-corrected chi connectivity index (χ1v) is 4.16. The van der Waals surface area contributed by atoms with E-state index in [0.717, 1.165) is 0 Å². The van der Waals surface area contributed by atoms with Crippen molar-refractivity contribution in [1.29, 1.82) is 0 Å². The fourth-order valence-corrected chi connectivity index (χ4v) is 1.25.